The summed E-state index contributed by atoms with van der Waals surface area (Å²) in [7, 11) is 1.31. The first-order valence-corrected chi connectivity index (χ1v) is 6.02. The molecule has 0 aliphatic carbocycles. The minimum absolute atomic E-state index is 0.0483. The molecule has 20 heavy (non-hydrogen) atoms. The molecule has 0 spiro atoms. The maximum atomic E-state index is 11.7. The van der Waals surface area contributed by atoms with Crippen LogP contribution in [0.3, 0.4) is 0 Å². The van der Waals surface area contributed by atoms with E-state index in [4.69, 9.17) is 4.74 Å². The fourth-order valence-electron chi connectivity index (χ4n) is 2.03. The Hall–Kier alpha value is -2.69. The summed E-state index contributed by atoms with van der Waals surface area (Å²) < 4.78 is 4.72. The summed E-state index contributed by atoms with van der Waals surface area (Å²) in [5.41, 5.74) is 1.74. The van der Waals surface area contributed by atoms with E-state index < -0.39 is 10.9 Å². The number of hydrogen-bond donors (Lipinski definition) is 0. The van der Waals surface area contributed by atoms with Gasteiger partial charge in [-0.05, 0) is 11.6 Å². The molecule has 2 rings (SSSR count). The van der Waals surface area contributed by atoms with E-state index in [0.717, 1.165) is 0 Å². The SMILES string of the molecule is COC(=O)c1ccccc1Cc1ccccc1[N+](=O)[O-]. The van der Waals surface area contributed by atoms with Crippen molar-refractivity contribution < 1.29 is 14.5 Å². The molecule has 0 radical (unpaired) electrons. The molecule has 0 atom stereocenters. The van der Waals surface area contributed by atoms with E-state index in [2.05, 4.69) is 0 Å². The first-order chi connectivity index (χ1) is 9.63. The highest BCUT2D eigenvalue weighted by Gasteiger charge is 2.16. The van der Waals surface area contributed by atoms with Gasteiger partial charge < -0.3 is 4.74 Å². The van der Waals surface area contributed by atoms with Gasteiger partial charge in [-0.2, -0.15) is 0 Å². The molecule has 0 aromatic heterocycles. The number of nitrogens with zero attached hydrogens (tertiary/aromatic N) is 1. The number of ether oxygens (including phenoxy) is 1. The molecule has 0 saturated carbocycles. The van der Waals surface area contributed by atoms with Gasteiger partial charge in [0.25, 0.3) is 5.69 Å². The van der Waals surface area contributed by atoms with Gasteiger partial charge in [0.2, 0.25) is 0 Å². The molecular weight excluding hydrogens is 258 g/mol. The van der Waals surface area contributed by atoms with Crippen LogP contribution < -0.4 is 0 Å². The molecule has 5 nitrogen and oxygen atoms in total. The lowest BCUT2D eigenvalue weighted by molar-refractivity contribution is -0.385. The zero-order valence-electron chi connectivity index (χ0n) is 10.9. The van der Waals surface area contributed by atoms with Crippen LogP contribution >= 0.6 is 0 Å². The van der Waals surface area contributed by atoms with E-state index in [-0.39, 0.29) is 5.69 Å². The number of hydrogen-bond acceptors (Lipinski definition) is 4. The summed E-state index contributed by atoms with van der Waals surface area (Å²) in [6.07, 6.45) is 0.308. The normalized spacial score (nSPS) is 10.1. The third-order valence-corrected chi connectivity index (χ3v) is 2.99. The lowest BCUT2D eigenvalue weighted by Crippen LogP contribution is -2.06. The van der Waals surface area contributed by atoms with Crippen molar-refractivity contribution in [3.63, 3.8) is 0 Å². The summed E-state index contributed by atoms with van der Waals surface area (Å²) in [6, 6.07) is 13.4. The molecule has 0 aliphatic heterocycles. The predicted molar refractivity (Wildman–Crippen MR) is 73.7 cm³/mol. The van der Waals surface area contributed by atoms with E-state index >= 15 is 0 Å². The molecule has 0 bridgehead atoms. The van der Waals surface area contributed by atoms with E-state index in [9.17, 15) is 14.9 Å². The molecule has 0 saturated heterocycles. The molecule has 2 aromatic rings. The molecule has 2 aromatic carbocycles. The van der Waals surface area contributed by atoms with Crippen LogP contribution in [-0.2, 0) is 11.2 Å². The molecule has 102 valence electrons. The van der Waals surface area contributed by atoms with Crippen molar-refractivity contribution in [3.8, 4) is 0 Å². The average Bonchev–Trinajstić information content (AvgIpc) is 2.47. The number of nitro benzene ring substituents is 1. The van der Waals surface area contributed by atoms with Gasteiger partial charge in [0.1, 0.15) is 0 Å². The van der Waals surface area contributed by atoms with Gasteiger partial charge in [-0.25, -0.2) is 4.79 Å². The maximum absolute atomic E-state index is 11.7. The van der Waals surface area contributed by atoms with Crippen molar-refractivity contribution in [1.82, 2.24) is 0 Å². The Kier molecular flexibility index (Phi) is 4.10. The number of carbonyl (C=O) groups excluding carboxylic acids is 1. The Morgan fingerprint density at radius 1 is 1.10 bits per heavy atom. The van der Waals surface area contributed by atoms with Gasteiger partial charge in [0.15, 0.2) is 0 Å². The van der Waals surface area contributed by atoms with Gasteiger partial charge in [-0.3, -0.25) is 10.1 Å². The van der Waals surface area contributed by atoms with E-state index in [1.165, 1.54) is 13.2 Å². The van der Waals surface area contributed by atoms with Crippen molar-refractivity contribution in [1.29, 1.82) is 0 Å². The summed E-state index contributed by atoms with van der Waals surface area (Å²) in [4.78, 5) is 22.3. The lowest BCUT2D eigenvalue weighted by atomic mass is 9.99. The van der Waals surface area contributed by atoms with Crippen molar-refractivity contribution in [2.45, 2.75) is 6.42 Å². The number of nitro groups is 1. The number of benzene rings is 2. The smallest absolute Gasteiger partial charge is 0.338 e. The highest BCUT2D eigenvalue weighted by atomic mass is 16.6. The summed E-state index contributed by atoms with van der Waals surface area (Å²) in [5, 5.41) is 11.0. The molecule has 0 N–H and O–H groups in total. The quantitative estimate of drug-likeness (QED) is 0.487. The van der Waals surface area contributed by atoms with Gasteiger partial charge in [0, 0.05) is 18.1 Å². The van der Waals surface area contributed by atoms with Gasteiger partial charge >= 0.3 is 5.97 Å². The van der Waals surface area contributed by atoms with Crippen LogP contribution in [0.5, 0.6) is 0 Å². The number of esters is 1. The fourth-order valence-corrected chi connectivity index (χ4v) is 2.03. The molecule has 5 heteroatoms. The van der Waals surface area contributed by atoms with Crippen LogP contribution in [0.2, 0.25) is 0 Å². The van der Waals surface area contributed by atoms with Gasteiger partial charge in [-0.15, -0.1) is 0 Å². The lowest BCUT2D eigenvalue weighted by Gasteiger charge is -2.08. The van der Waals surface area contributed by atoms with Crippen molar-refractivity contribution in [2.24, 2.45) is 0 Å². The summed E-state index contributed by atoms with van der Waals surface area (Å²) >= 11 is 0. The maximum Gasteiger partial charge on any atom is 0.338 e. The van der Waals surface area contributed by atoms with Crippen molar-refractivity contribution in [2.75, 3.05) is 7.11 Å². The summed E-state index contributed by atoms with van der Waals surface area (Å²) in [5.74, 6) is -0.445. The third-order valence-electron chi connectivity index (χ3n) is 2.99. The van der Waals surface area contributed by atoms with Crippen LogP contribution in [-0.4, -0.2) is 18.0 Å². The molecular formula is C15H13NO4. The monoisotopic (exact) mass is 271 g/mol. The number of carbonyl (C=O) groups is 1. The average molecular weight is 271 g/mol. The summed E-state index contributed by atoms with van der Waals surface area (Å²) in [6.45, 7) is 0. The first kappa shape index (κ1) is 13.7. The number of methoxy groups -OCH3 is 1. The minimum atomic E-state index is -0.445. The van der Waals surface area contributed by atoms with Gasteiger partial charge in [0.05, 0.1) is 17.6 Å². The van der Waals surface area contributed by atoms with Crippen LogP contribution in [0.1, 0.15) is 21.5 Å². The minimum Gasteiger partial charge on any atom is -0.465 e. The Morgan fingerprint density at radius 2 is 1.70 bits per heavy atom. The molecule has 0 unspecified atom stereocenters. The van der Waals surface area contributed by atoms with Crippen molar-refractivity contribution >= 4 is 11.7 Å². The Labute approximate surface area is 116 Å². The second-order valence-corrected chi connectivity index (χ2v) is 4.21. The van der Waals surface area contributed by atoms with E-state index in [1.54, 1.807) is 42.5 Å². The molecule has 0 heterocycles. The largest absolute Gasteiger partial charge is 0.465 e. The zero-order chi connectivity index (χ0) is 14.5. The molecule has 0 fully saturated rings. The first-order valence-electron chi connectivity index (χ1n) is 6.02. The van der Waals surface area contributed by atoms with Crippen LogP contribution in [0.4, 0.5) is 5.69 Å². The van der Waals surface area contributed by atoms with Crippen LogP contribution in [0, 0.1) is 10.1 Å². The standard InChI is InChI=1S/C15H13NO4/c1-20-15(17)13-8-4-2-6-11(13)10-12-7-3-5-9-14(12)16(18)19/h2-9H,10H2,1H3. The fraction of sp³-hybridized carbons (Fsp3) is 0.133. The second-order valence-electron chi connectivity index (χ2n) is 4.21. The number of rotatable bonds is 4. The number of para-hydroxylation sites is 1. The molecule has 0 aliphatic rings. The zero-order valence-corrected chi connectivity index (χ0v) is 10.9. The second kappa shape index (κ2) is 5.97. The highest BCUT2D eigenvalue weighted by Crippen LogP contribution is 2.23. The van der Waals surface area contributed by atoms with E-state index in [0.29, 0.717) is 23.1 Å². The highest BCUT2D eigenvalue weighted by molar-refractivity contribution is 5.91. The van der Waals surface area contributed by atoms with E-state index in [1.807, 2.05) is 0 Å². The predicted octanol–water partition coefficient (Wildman–Crippen LogP) is 2.97. The van der Waals surface area contributed by atoms with Gasteiger partial charge in [-0.1, -0.05) is 36.4 Å². The molecule has 0 amide bonds. The third kappa shape index (κ3) is 2.83. The van der Waals surface area contributed by atoms with Crippen molar-refractivity contribution in [3.05, 3.63) is 75.3 Å². The van der Waals surface area contributed by atoms with Crippen LogP contribution in [0.25, 0.3) is 0 Å². The Bertz CT molecular complexity index is 652. The van der Waals surface area contributed by atoms with Crippen LogP contribution in [0.15, 0.2) is 48.5 Å². The Balaban J connectivity index is 2.41. The topological polar surface area (TPSA) is 69.4 Å². The Morgan fingerprint density at radius 3 is 2.35 bits per heavy atom.